The number of benzene rings is 2. The van der Waals surface area contributed by atoms with E-state index in [2.05, 4.69) is 22.4 Å². The van der Waals surface area contributed by atoms with Gasteiger partial charge in [-0.25, -0.2) is 0 Å². The Bertz CT molecular complexity index is 1330. The minimum atomic E-state index is -4.58. The Morgan fingerprint density at radius 2 is 1.92 bits per heavy atom. The van der Waals surface area contributed by atoms with Crippen LogP contribution in [0.15, 0.2) is 42.7 Å². The number of anilines is 1. The molecule has 0 unspecified atom stereocenters. The second kappa shape index (κ2) is 10.1. The standard InChI is InChI=1S/C28H31F4N5O/c1-27(7-4-8-27)33-15-20-11-22-23(24(12-20)28(30,31)32)16-37(26(22)38)21-6-3-5-18(10-21)9-19(14-29)13-25-35-34-17-36(25)2/h3,5-6,10-12,17,19,33H,4,7-9,13-16H2,1-2H3/t19-/m1/s1. The van der Waals surface area contributed by atoms with Crippen LogP contribution in [0.5, 0.6) is 0 Å². The van der Waals surface area contributed by atoms with E-state index in [1.165, 1.54) is 11.0 Å². The third-order valence-corrected chi connectivity index (χ3v) is 7.82. The van der Waals surface area contributed by atoms with Crippen LogP contribution in [0.3, 0.4) is 0 Å². The van der Waals surface area contributed by atoms with E-state index in [9.17, 15) is 22.4 Å². The Labute approximate surface area is 219 Å². The predicted molar refractivity (Wildman–Crippen MR) is 135 cm³/mol. The highest BCUT2D eigenvalue weighted by Gasteiger charge is 2.41. The fourth-order valence-electron chi connectivity index (χ4n) is 5.35. The molecule has 3 aromatic rings. The van der Waals surface area contributed by atoms with Crippen molar-refractivity contribution in [2.24, 2.45) is 13.0 Å². The molecule has 1 amide bonds. The van der Waals surface area contributed by atoms with Gasteiger partial charge in [-0.2, -0.15) is 13.2 Å². The van der Waals surface area contributed by atoms with Gasteiger partial charge >= 0.3 is 6.18 Å². The van der Waals surface area contributed by atoms with Crippen LogP contribution in [0.25, 0.3) is 0 Å². The molecule has 1 fully saturated rings. The highest BCUT2D eigenvalue weighted by Crippen LogP contribution is 2.40. The molecule has 0 spiro atoms. The Morgan fingerprint density at radius 1 is 1.13 bits per heavy atom. The van der Waals surface area contributed by atoms with Crippen LogP contribution in [0.1, 0.15) is 64.6 Å². The molecular weight excluding hydrogens is 498 g/mol. The number of hydrogen-bond acceptors (Lipinski definition) is 4. The van der Waals surface area contributed by atoms with Crippen molar-refractivity contribution >= 4 is 11.6 Å². The fraction of sp³-hybridized carbons (Fsp3) is 0.464. The lowest BCUT2D eigenvalue weighted by molar-refractivity contribution is -0.138. The topological polar surface area (TPSA) is 63.1 Å². The molecule has 6 nitrogen and oxygen atoms in total. The summed E-state index contributed by atoms with van der Waals surface area (Å²) >= 11 is 0. The van der Waals surface area contributed by atoms with Gasteiger partial charge in [-0.05, 0) is 79.5 Å². The number of fused-ring (bicyclic) bond motifs is 1. The number of aryl methyl sites for hydroxylation is 1. The molecule has 202 valence electrons. The van der Waals surface area contributed by atoms with Crippen LogP contribution >= 0.6 is 0 Å². The molecule has 0 bridgehead atoms. The molecule has 38 heavy (non-hydrogen) atoms. The van der Waals surface area contributed by atoms with Gasteiger partial charge in [-0.15, -0.1) is 10.2 Å². The molecule has 1 aliphatic heterocycles. The lowest BCUT2D eigenvalue weighted by atomic mass is 9.78. The number of nitrogens with zero attached hydrogens (tertiary/aromatic N) is 4. The van der Waals surface area contributed by atoms with Crippen molar-refractivity contribution in [3.63, 3.8) is 0 Å². The van der Waals surface area contributed by atoms with Crippen molar-refractivity contribution < 1.29 is 22.4 Å². The van der Waals surface area contributed by atoms with Gasteiger partial charge < -0.3 is 14.8 Å². The average molecular weight is 530 g/mol. The number of hydrogen-bond donors (Lipinski definition) is 1. The van der Waals surface area contributed by atoms with Crippen molar-refractivity contribution in [1.82, 2.24) is 20.1 Å². The summed E-state index contributed by atoms with van der Waals surface area (Å²) in [6.07, 6.45) is 0.841. The van der Waals surface area contributed by atoms with E-state index in [-0.39, 0.29) is 35.7 Å². The van der Waals surface area contributed by atoms with Crippen LogP contribution in [0.4, 0.5) is 23.2 Å². The normalized spacial score (nSPS) is 17.4. The summed E-state index contributed by atoms with van der Waals surface area (Å²) in [5.74, 6) is -0.130. The largest absolute Gasteiger partial charge is 0.416 e. The van der Waals surface area contributed by atoms with Crippen molar-refractivity contribution in [1.29, 1.82) is 0 Å². The molecule has 10 heteroatoms. The number of amides is 1. The number of alkyl halides is 4. The van der Waals surface area contributed by atoms with E-state index in [0.717, 1.165) is 24.8 Å². The van der Waals surface area contributed by atoms with E-state index >= 15 is 0 Å². The first-order valence-corrected chi connectivity index (χ1v) is 12.8. The van der Waals surface area contributed by atoms with E-state index in [0.29, 0.717) is 29.9 Å². The summed E-state index contributed by atoms with van der Waals surface area (Å²) in [7, 11) is 1.80. The van der Waals surface area contributed by atoms with Gasteiger partial charge in [0.25, 0.3) is 5.91 Å². The highest BCUT2D eigenvalue weighted by atomic mass is 19.4. The zero-order valence-electron chi connectivity index (χ0n) is 21.5. The molecule has 2 heterocycles. The Morgan fingerprint density at radius 3 is 2.55 bits per heavy atom. The van der Waals surface area contributed by atoms with Crippen LogP contribution in [-0.2, 0) is 39.2 Å². The molecule has 1 aliphatic carbocycles. The first-order valence-electron chi connectivity index (χ1n) is 12.8. The highest BCUT2D eigenvalue weighted by molar-refractivity contribution is 6.10. The van der Waals surface area contributed by atoms with Gasteiger partial charge in [0.2, 0.25) is 0 Å². The maximum absolute atomic E-state index is 14.1. The maximum atomic E-state index is 14.1. The van der Waals surface area contributed by atoms with Crippen molar-refractivity contribution in [3.8, 4) is 0 Å². The first kappa shape index (κ1) is 26.3. The quantitative estimate of drug-likeness (QED) is 0.377. The number of nitrogens with one attached hydrogen (secondary N) is 1. The monoisotopic (exact) mass is 529 g/mol. The second-order valence-electron chi connectivity index (χ2n) is 10.8. The lowest BCUT2D eigenvalue weighted by Gasteiger charge is -2.39. The summed E-state index contributed by atoms with van der Waals surface area (Å²) in [5.41, 5.74) is 0.986. The number of halogens is 4. The van der Waals surface area contributed by atoms with Gasteiger partial charge in [-0.1, -0.05) is 12.1 Å². The van der Waals surface area contributed by atoms with Crippen molar-refractivity contribution in [3.05, 3.63) is 76.4 Å². The molecule has 0 saturated heterocycles. The minimum Gasteiger partial charge on any atom is -0.321 e. The Balaban J connectivity index is 1.38. The number of carbonyl (C=O) groups is 1. The SMILES string of the molecule is Cn1cnnc1C[C@H](CF)Cc1cccc(N2Cc3c(cc(CNC4(C)CCC4)cc3C(F)(F)F)C2=O)c1. The molecule has 1 N–H and O–H groups in total. The fourth-order valence-corrected chi connectivity index (χ4v) is 5.35. The summed E-state index contributed by atoms with van der Waals surface area (Å²) in [5, 5.41) is 11.2. The van der Waals surface area contributed by atoms with Crippen LogP contribution < -0.4 is 10.2 Å². The zero-order chi connectivity index (χ0) is 27.1. The van der Waals surface area contributed by atoms with Crippen LogP contribution in [-0.4, -0.2) is 32.9 Å². The van der Waals surface area contributed by atoms with Crippen molar-refractivity contribution in [2.75, 3.05) is 11.6 Å². The van der Waals surface area contributed by atoms with Gasteiger partial charge in [0, 0.05) is 36.8 Å². The van der Waals surface area contributed by atoms with E-state index in [1.54, 1.807) is 42.2 Å². The third-order valence-electron chi connectivity index (χ3n) is 7.82. The number of carbonyl (C=O) groups excluding carboxylic acids is 1. The molecular formula is C28H31F4N5O. The molecule has 1 saturated carbocycles. The van der Waals surface area contributed by atoms with Crippen LogP contribution in [0, 0.1) is 5.92 Å². The Hall–Kier alpha value is -3.27. The van der Waals surface area contributed by atoms with Crippen molar-refractivity contribution in [2.45, 2.75) is 63.8 Å². The van der Waals surface area contributed by atoms with Gasteiger partial charge in [0.1, 0.15) is 12.2 Å². The summed E-state index contributed by atoms with van der Waals surface area (Å²) in [6, 6.07) is 9.80. The molecule has 2 aromatic carbocycles. The Kier molecular flexibility index (Phi) is 7.02. The van der Waals surface area contributed by atoms with E-state index in [4.69, 9.17) is 0 Å². The van der Waals surface area contributed by atoms with Crippen LogP contribution in [0.2, 0.25) is 0 Å². The molecule has 5 rings (SSSR count). The minimum absolute atomic E-state index is 0.00424. The number of aromatic nitrogens is 3. The predicted octanol–water partition coefficient (Wildman–Crippen LogP) is 5.40. The van der Waals surface area contributed by atoms with Gasteiger partial charge in [0.05, 0.1) is 18.8 Å². The van der Waals surface area contributed by atoms with Gasteiger partial charge in [0.15, 0.2) is 0 Å². The summed E-state index contributed by atoms with van der Waals surface area (Å²) < 4.78 is 57.8. The average Bonchev–Trinajstić information content (AvgIpc) is 3.42. The number of rotatable bonds is 9. The molecule has 1 aromatic heterocycles. The smallest absolute Gasteiger partial charge is 0.321 e. The lowest BCUT2D eigenvalue weighted by Crippen LogP contribution is -2.47. The molecule has 1 atom stereocenters. The first-order chi connectivity index (χ1) is 18.1. The van der Waals surface area contributed by atoms with Gasteiger partial charge in [-0.3, -0.25) is 9.18 Å². The summed E-state index contributed by atoms with van der Waals surface area (Å²) in [6.45, 7) is 1.61. The molecule has 2 aliphatic rings. The van der Waals surface area contributed by atoms with E-state index < -0.39 is 24.3 Å². The van der Waals surface area contributed by atoms with E-state index in [1.807, 2.05) is 6.07 Å². The third kappa shape index (κ3) is 5.32. The second-order valence-corrected chi connectivity index (χ2v) is 10.8. The zero-order valence-corrected chi connectivity index (χ0v) is 21.5. The molecule has 0 radical (unpaired) electrons. The maximum Gasteiger partial charge on any atom is 0.416 e. The summed E-state index contributed by atoms with van der Waals surface area (Å²) in [4.78, 5) is 14.8.